The highest BCUT2D eigenvalue weighted by Crippen LogP contribution is 2.30. The van der Waals surface area contributed by atoms with E-state index in [0.29, 0.717) is 11.3 Å². The Balaban J connectivity index is 2.25. The highest BCUT2D eigenvalue weighted by atomic mass is 16.6. The van der Waals surface area contributed by atoms with E-state index in [9.17, 15) is 9.90 Å². The van der Waals surface area contributed by atoms with Crippen molar-refractivity contribution in [3.63, 3.8) is 0 Å². The number of amides is 1. The van der Waals surface area contributed by atoms with Crippen LogP contribution >= 0.6 is 0 Å². The van der Waals surface area contributed by atoms with Crippen molar-refractivity contribution >= 4 is 6.09 Å². The second-order valence-corrected chi connectivity index (χ2v) is 3.22. The SMILES string of the molecule is COc1ccc([C@H]2COC(=O)N2)c(O)c1. The fourth-order valence-corrected chi connectivity index (χ4v) is 1.50. The molecular formula is C10H11NO4. The Morgan fingerprint density at radius 2 is 2.40 bits per heavy atom. The van der Waals surface area contributed by atoms with E-state index < -0.39 is 6.09 Å². The van der Waals surface area contributed by atoms with Gasteiger partial charge in [-0.15, -0.1) is 0 Å². The maximum atomic E-state index is 10.8. The number of cyclic esters (lactones) is 1. The molecule has 1 heterocycles. The molecule has 15 heavy (non-hydrogen) atoms. The number of hydrogen-bond acceptors (Lipinski definition) is 4. The molecule has 0 unspecified atom stereocenters. The third-order valence-corrected chi connectivity index (χ3v) is 2.29. The lowest BCUT2D eigenvalue weighted by molar-refractivity contribution is 0.177. The fourth-order valence-electron chi connectivity index (χ4n) is 1.50. The third kappa shape index (κ3) is 1.81. The Morgan fingerprint density at radius 3 is 2.93 bits per heavy atom. The molecule has 1 saturated heterocycles. The molecule has 1 aromatic rings. The highest BCUT2D eigenvalue weighted by Gasteiger charge is 2.25. The fraction of sp³-hybridized carbons (Fsp3) is 0.300. The van der Waals surface area contributed by atoms with Crippen LogP contribution in [0, 0.1) is 0 Å². The van der Waals surface area contributed by atoms with Crippen LogP contribution in [0.5, 0.6) is 11.5 Å². The molecule has 0 saturated carbocycles. The lowest BCUT2D eigenvalue weighted by Crippen LogP contribution is -2.18. The zero-order valence-corrected chi connectivity index (χ0v) is 8.19. The van der Waals surface area contributed by atoms with Gasteiger partial charge in [-0.25, -0.2) is 4.79 Å². The monoisotopic (exact) mass is 209 g/mol. The topological polar surface area (TPSA) is 67.8 Å². The first-order valence-corrected chi connectivity index (χ1v) is 4.51. The largest absolute Gasteiger partial charge is 0.507 e. The quantitative estimate of drug-likeness (QED) is 0.767. The van der Waals surface area contributed by atoms with Gasteiger partial charge in [0.1, 0.15) is 18.1 Å². The summed E-state index contributed by atoms with van der Waals surface area (Å²) >= 11 is 0. The molecule has 0 bridgehead atoms. The zero-order valence-electron chi connectivity index (χ0n) is 8.19. The van der Waals surface area contributed by atoms with Crippen LogP contribution in [-0.2, 0) is 4.74 Å². The molecule has 0 aliphatic carbocycles. The summed E-state index contributed by atoms with van der Waals surface area (Å²) in [4.78, 5) is 10.8. The molecule has 0 spiro atoms. The third-order valence-electron chi connectivity index (χ3n) is 2.29. The number of benzene rings is 1. The minimum Gasteiger partial charge on any atom is -0.507 e. The van der Waals surface area contributed by atoms with Gasteiger partial charge < -0.3 is 19.9 Å². The molecule has 2 rings (SSSR count). The van der Waals surface area contributed by atoms with Gasteiger partial charge in [0.15, 0.2) is 0 Å². The summed E-state index contributed by atoms with van der Waals surface area (Å²) in [5.41, 5.74) is 0.627. The van der Waals surface area contributed by atoms with Gasteiger partial charge in [-0.3, -0.25) is 0 Å². The first kappa shape index (κ1) is 9.64. The first-order valence-electron chi connectivity index (χ1n) is 4.51. The number of ether oxygens (including phenoxy) is 2. The van der Waals surface area contributed by atoms with E-state index in [2.05, 4.69) is 5.32 Å². The van der Waals surface area contributed by atoms with Gasteiger partial charge >= 0.3 is 6.09 Å². The molecule has 1 aromatic carbocycles. The van der Waals surface area contributed by atoms with Gasteiger partial charge in [-0.2, -0.15) is 0 Å². The summed E-state index contributed by atoms with van der Waals surface area (Å²) in [6.45, 7) is 0.235. The second-order valence-electron chi connectivity index (χ2n) is 3.22. The molecule has 5 nitrogen and oxygen atoms in total. The van der Waals surface area contributed by atoms with Crippen molar-refractivity contribution in [2.45, 2.75) is 6.04 Å². The van der Waals surface area contributed by atoms with Crippen molar-refractivity contribution < 1.29 is 19.4 Å². The number of nitrogens with one attached hydrogen (secondary N) is 1. The predicted octanol–water partition coefficient (Wildman–Crippen LogP) is 1.18. The maximum Gasteiger partial charge on any atom is 0.407 e. The average Bonchev–Trinajstić information content (AvgIpc) is 2.64. The van der Waals surface area contributed by atoms with E-state index in [4.69, 9.17) is 9.47 Å². The van der Waals surface area contributed by atoms with Crippen molar-refractivity contribution in [3.8, 4) is 11.5 Å². The van der Waals surface area contributed by atoms with Crippen molar-refractivity contribution in [2.24, 2.45) is 0 Å². The number of alkyl carbamates (subject to hydrolysis) is 1. The Morgan fingerprint density at radius 1 is 1.60 bits per heavy atom. The summed E-state index contributed by atoms with van der Waals surface area (Å²) in [5, 5.41) is 12.3. The predicted molar refractivity (Wildman–Crippen MR) is 51.9 cm³/mol. The summed E-state index contributed by atoms with van der Waals surface area (Å²) < 4.78 is 9.69. The molecule has 1 atom stereocenters. The van der Waals surface area contributed by atoms with Crippen molar-refractivity contribution in [1.29, 1.82) is 0 Å². The van der Waals surface area contributed by atoms with Gasteiger partial charge in [0, 0.05) is 11.6 Å². The molecule has 5 heteroatoms. The number of carbonyl (C=O) groups excluding carboxylic acids is 1. The Hall–Kier alpha value is -1.91. The number of hydrogen-bond donors (Lipinski definition) is 2. The number of phenolic OH excluding ortho intramolecular Hbond substituents is 1. The van der Waals surface area contributed by atoms with Gasteiger partial charge in [-0.1, -0.05) is 0 Å². The van der Waals surface area contributed by atoms with E-state index in [-0.39, 0.29) is 18.4 Å². The molecular weight excluding hydrogens is 198 g/mol. The maximum absolute atomic E-state index is 10.8. The Bertz CT molecular complexity index is 391. The van der Waals surface area contributed by atoms with Crippen molar-refractivity contribution in [2.75, 3.05) is 13.7 Å². The van der Waals surface area contributed by atoms with E-state index in [1.54, 1.807) is 12.1 Å². The van der Waals surface area contributed by atoms with Crippen molar-refractivity contribution in [3.05, 3.63) is 23.8 Å². The van der Waals surface area contributed by atoms with Gasteiger partial charge in [0.25, 0.3) is 0 Å². The van der Waals surface area contributed by atoms with E-state index in [1.807, 2.05) is 0 Å². The molecule has 1 fully saturated rings. The minimum absolute atomic E-state index is 0.0881. The van der Waals surface area contributed by atoms with Gasteiger partial charge in [-0.05, 0) is 12.1 Å². The summed E-state index contributed by atoms with van der Waals surface area (Å²) in [6.07, 6.45) is -0.463. The molecule has 80 valence electrons. The van der Waals surface area contributed by atoms with Crippen LogP contribution in [0.4, 0.5) is 4.79 Å². The standard InChI is InChI=1S/C10H11NO4/c1-14-6-2-3-7(9(12)4-6)8-5-15-10(13)11-8/h2-4,8,12H,5H2,1H3,(H,11,13)/t8-/m1/s1. The average molecular weight is 209 g/mol. The zero-order chi connectivity index (χ0) is 10.8. The van der Waals surface area contributed by atoms with Crippen LogP contribution in [0.2, 0.25) is 0 Å². The molecule has 1 aliphatic heterocycles. The van der Waals surface area contributed by atoms with Crippen LogP contribution in [0.1, 0.15) is 11.6 Å². The smallest absolute Gasteiger partial charge is 0.407 e. The number of rotatable bonds is 2. The number of methoxy groups -OCH3 is 1. The highest BCUT2D eigenvalue weighted by molar-refractivity contribution is 5.70. The molecule has 0 radical (unpaired) electrons. The first-order chi connectivity index (χ1) is 7.20. The van der Waals surface area contributed by atoms with E-state index in [1.165, 1.54) is 13.2 Å². The molecule has 0 aromatic heterocycles. The molecule has 1 aliphatic rings. The van der Waals surface area contributed by atoms with E-state index in [0.717, 1.165) is 0 Å². The van der Waals surface area contributed by atoms with Crippen LogP contribution in [0.25, 0.3) is 0 Å². The number of phenols is 1. The molecule has 2 N–H and O–H groups in total. The Labute approximate surface area is 86.6 Å². The Kier molecular flexibility index (Phi) is 2.37. The lowest BCUT2D eigenvalue weighted by atomic mass is 10.1. The normalized spacial score (nSPS) is 19.5. The molecule has 1 amide bonds. The van der Waals surface area contributed by atoms with Crippen molar-refractivity contribution in [1.82, 2.24) is 5.32 Å². The number of carbonyl (C=O) groups is 1. The van der Waals surface area contributed by atoms with Crippen LogP contribution in [0.3, 0.4) is 0 Å². The van der Waals surface area contributed by atoms with Gasteiger partial charge in [0.2, 0.25) is 0 Å². The van der Waals surface area contributed by atoms with Crippen LogP contribution in [-0.4, -0.2) is 24.9 Å². The summed E-state index contributed by atoms with van der Waals surface area (Å²) in [6, 6.07) is 4.64. The van der Waals surface area contributed by atoms with Gasteiger partial charge in [0.05, 0.1) is 13.2 Å². The minimum atomic E-state index is -0.463. The lowest BCUT2D eigenvalue weighted by Gasteiger charge is -2.10. The van der Waals surface area contributed by atoms with Crippen LogP contribution in [0.15, 0.2) is 18.2 Å². The van der Waals surface area contributed by atoms with E-state index >= 15 is 0 Å². The summed E-state index contributed by atoms with van der Waals surface area (Å²) in [5.74, 6) is 0.659. The number of aromatic hydroxyl groups is 1. The van der Waals surface area contributed by atoms with Crippen LogP contribution < -0.4 is 10.1 Å². The second kappa shape index (κ2) is 3.68. The summed E-state index contributed by atoms with van der Waals surface area (Å²) in [7, 11) is 1.52.